The lowest BCUT2D eigenvalue weighted by Crippen LogP contribution is -2.31. The van der Waals surface area contributed by atoms with Gasteiger partial charge in [0.1, 0.15) is 0 Å². The van der Waals surface area contributed by atoms with E-state index in [-0.39, 0.29) is 5.91 Å². The Morgan fingerprint density at radius 2 is 1.75 bits per heavy atom. The zero-order valence-electron chi connectivity index (χ0n) is 10.8. The van der Waals surface area contributed by atoms with Crippen LogP contribution < -0.4 is 16.4 Å². The molecule has 5 heteroatoms. The van der Waals surface area contributed by atoms with Gasteiger partial charge in [0.2, 0.25) is 5.91 Å². The molecule has 1 amide bonds. The van der Waals surface area contributed by atoms with Crippen LogP contribution in [0.1, 0.15) is 12.0 Å². The molecule has 2 aromatic carbocycles. The van der Waals surface area contributed by atoms with Crippen LogP contribution in [0.4, 0.5) is 22.7 Å². The maximum atomic E-state index is 12.3. The Kier molecular flexibility index (Phi) is 3.14. The largest absolute Gasteiger partial charge is 0.399 e. The van der Waals surface area contributed by atoms with E-state index in [4.69, 9.17) is 11.5 Å². The highest BCUT2D eigenvalue weighted by Crippen LogP contribution is 2.38. The molecule has 102 valence electrons. The fourth-order valence-corrected chi connectivity index (χ4v) is 2.88. The molecular formula is C15H14BrN3O. The minimum Gasteiger partial charge on any atom is -0.399 e. The van der Waals surface area contributed by atoms with Crippen molar-refractivity contribution in [1.82, 2.24) is 0 Å². The molecule has 0 fully saturated rings. The van der Waals surface area contributed by atoms with E-state index in [1.54, 1.807) is 17.0 Å². The summed E-state index contributed by atoms with van der Waals surface area (Å²) in [5.41, 5.74) is 15.8. The molecule has 0 atom stereocenters. The van der Waals surface area contributed by atoms with Crippen LogP contribution in [0.25, 0.3) is 0 Å². The quantitative estimate of drug-likeness (QED) is 0.788. The second-order valence-corrected chi connectivity index (χ2v) is 5.74. The second-order valence-electron chi connectivity index (χ2n) is 4.82. The van der Waals surface area contributed by atoms with Crippen LogP contribution in [0.2, 0.25) is 0 Å². The van der Waals surface area contributed by atoms with Crippen LogP contribution >= 0.6 is 15.9 Å². The van der Waals surface area contributed by atoms with Crippen LogP contribution in [0, 0.1) is 0 Å². The summed E-state index contributed by atoms with van der Waals surface area (Å²) in [6.45, 7) is 0. The molecule has 0 saturated heterocycles. The van der Waals surface area contributed by atoms with Gasteiger partial charge in [0, 0.05) is 16.6 Å². The Hall–Kier alpha value is -2.01. The van der Waals surface area contributed by atoms with Crippen molar-refractivity contribution in [2.75, 3.05) is 16.4 Å². The van der Waals surface area contributed by atoms with Crippen LogP contribution in [0.15, 0.2) is 40.9 Å². The van der Waals surface area contributed by atoms with E-state index in [1.165, 1.54) is 0 Å². The molecule has 1 heterocycles. The first-order valence-corrected chi connectivity index (χ1v) is 7.12. The van der Waals surface area contributed by atoms with Crippen molar-refractivity contribution in [2.45, 2.75) is 12.8 Å². The van der Waals surface area contributed by atoms with Gasteiger partial charge in [-0.05, 0) is 48.4 Å². The second kappa shape index (κ2) is 4.83. The Labute approximate surface area is 125 Å². The first kappa shape index (κ1) is 13.0. The molecule has 0 saturated carbocycles. The fourth-order valence-electron chi connectivity index (χ4n) is 2.50. The molecule has 20 heavy (non-hydrogen) atoms. The number of halogens is 1. The number of nitrogens with two attached hydrogens (primary N) is 2. The number of anilines is 4. The maximum Gasteiger partial charge on any atom is 0.231 e. The summed E-state index contributed by atoms with van der Waals surface area (Å²) >= 11 is 3.38. The van der Waals surface area contributed by atoms with E-state index in [2.05, 4.69) is 15.9 Å². The van der Waals surface area contributed by atoms with Gasteiger partial charge in [-0.15, -0.1) is 0 Å². The number of amides is 1. The summed E-state index contributed by atoms with van der Waals surface area (Å²) in [6.07, 6.45) is 1.18. The van der Waals surface area contributed by atoms with E-state index in [1.807, 2.05) is 24.3 Å². The van der Waals surface area contributed by atoms with Crippen LogP contribution in [-0.4, -0.2) is 5.91 Å². The Morgan fingerprint density at radius 3 is 2.50 bits per heavy atom. The number of carbonyl (C=O) groups is 1. The van der Waals surface area contributed by atoms with E-state index in [0.717, 1.165) is 15.7 Å². The Bertz CT molecular complexity index is 700. The van der Waals surface area contributed by atoms with Gasteiger partial charge < -0.3 is 11.5 Å². The summed E-state index contributed by atoms with van der Waals surface area (Å²) in [6, 6.07) is 11.1. The van der Waals surface area contributed by atoms with Crippen molar-refractivity contribution in [3.63, 3.8) is 0 Å². The highest BCUT2D eigenvalue weighted by atomic mass is 79.9. The summed E-state index contributed by atoms with van der Waals surface area (Å²) < 4.78 is 0.890. The zero-order chi connectivity index (χ0) is 14.3. The van der Waals surface area contributed by atoms with E-state index in [0.29, 0.717) is 29.9 Å². The SMILES string of the molecule is Nc1ccc2c(c1)CCC(=O)N2c1ccc(Br)cc1N. The molecular weight excluding hydrogens is 318 g/mol. The fraction of sp³-hybridized carbons (Fsp3) is 0.133. The van der Waals surface area contributed by atoms with Gasteiger partial charge in [-0.3, -0.25) is 9.69 Å². The molecule has 1 aliphatic rings. The lowest BCUT2D eigenvalue weighted by atomic mass is 9.99. The van der Waals surface area contributed by atoms with E-state index < -0.39 is 0 Å². The van der Waals surface area contributed by atoms with Gasteiger partial charge in [-0.1, -0.05) is 15.9 Å². The van der Waals surface area contributed by atoms with Crippen LogP contribution in [0.3, 0.4) is 0 Å². The monoisotopic (exact) mass is 331 g/mol. The number of fused-ring (bicyclic) bond motifs is 1. The molecule has 0 spiro atoms. The number of aryl methyl sites for hydroxylation is 1. The van der Waals surface area contributed by atoms with Crippen molar-refractivity contribution < 1.29 is 4.79 Å². The van der Waals surface area contributed by atoms with Crippen molar-refractivity contribution in [1.29, 1.82) is 0 Å². The Balaban J connectivity index is 2.16. The summed E-state index contributed by atoms with van der Waals surface area (Å²) in [7, 11) is 0. The number of hydrogen-bond donors (Lipinski definition) is 2. The van der Waals surface area contributed by atoms with Gasteiger partial charge >= 0.3 is 0 Å². The first-order chi connectivity index (χ1) is 9.56. The van der Waals surface area contributed by atoms with Crippen molar-refractivity contribution >= 4 is 44.6 Å². The Morgan fingerprint density at radius 1 is 1.00 bits per heavy atom. The molecule has 4 N–H and O–H groups in total. The molecule has 1 aliphatic heterocycles. The number of nitrogens with zero attached hydrogens (tertiary/aromatic N) is 1. The number of hydrogen-bond acceptors (Lipinski definition) is 3. The van der Waals surface area contributed by atoms with Crippen LogP contribution in [0.5, 0.6) is 0 Å². The molecule has 0 aromatic heterocycles. The third-order valence-corrected chi connectivity index (χ3v) is 3.93. The summed E-state index contributed by atoms with van der Waals surface area (Å²) in [4.78, 5) is 14.0. The minimum atomic E-state index is 0.0521. The van der Waals surface area contributed by atoms with Gasteiger partial charge in [-0.25, -0.2) is 0 Å². The lowest BCUT2D eigenvalue weighted by Gasteiger charge is -2.30. The number of nitrogen functional groups attached to an aromatic ring is 2. The molecule has 0 radical (unpaired) electrons. The predicted molar refractivity (Wildman–Crippen MR) is 84.9 cm³/mol. The molecule has 3 rings (SSSR count). The topological polar surface area (TPSA) is 72.4 Å². The highest BCUT2D eigenvalue weighted by molar-refractivity contribution is 9.10. The van der Waals surface area contributed by atoms with Crippen molar-refractivity contribution in [3.05, 3.63) is 46.4 Å². The summed E-state index contributed by atoms with van der Waals surface area (Å²) in [5, 5.41) is 0. The molecule has 0 unspecified atom stereocenters. The smallest absolute Gasteiger partial charge is 0.231 e. The average Bonchev–Trinajstić information content (AvgIpc) is 2.40. The number of benzene rings is 2. The highest BCUT2D eigenvalue weighted by Gasteiger charge is 2.26. The third kappa shape index (κ3) is 2.14. The van der Waals surface area contributed by atoms with Crippen LogP contribution in [-0.2, 0) is 11.2 Å². The molecule has 0 bridgehead atoms. The first-order valence-electron chi connectivity index (χ1n) is 6.32. The number of rotatable bonds is 1. The molecule has 2 aromatic rings. The van der Waals surface area contributed by atoms with Gasteiger partial charge in [0.15, 0.2) is 0 Å². The predicted octanol–water partition coefficient (Wildman–Crippen LogP) is 3.22. The standard InChI is InChI=1S/C15H14BrN3O/c16-10-2-4-14(12(18)8-10)19-13-5-3-11(17)7-9(13)1-6-15(19)20/h2-5,7-8H,1,6,17-18H2. The average molecular weight is 332 g/mol. The normalized spacial score (nSPS) is 14.2. The van der Waals surface area contributed by atoms with E-state index >= 15 is 0 Å². The number of carbonyl (C=O) groups excluding carboxylic acids is 1. The zero-order valence-corrected chi connectivity index (χ0v) is 12.4. The van der Waals surface area contributed by atoms with Gasteiger partial charge in [-0.2, -0.15) is 0 Å². The molecule has 4 nitrogen and oxygen atoms in total. The van der Waals surface area contributed by atoms with Crippen molar-refractivity contribution in [2.24, 2.45) is 0 Å². The van der Waals surface area contributed by atoms with Crippen molar-refractivity contribution in [3.8, 4) is 0 Å². The van der Waals surface area contributed by atoms with Gasteiger partial charge in [0.25, 0.3) is 0 Å². The van der Waals surface area contributed by atoms with E-state index in [9.17, 15) is 4.79 Å². The summed E-state index contributed by atoms with van der Waals surface area (Å²) in [5.74, 6) is 0.0521. The van der Waals surface area contributed by atoms with Gasteiger partial charge in [0.05, 0.1) is 17.1 Å². The molecule has 0 aliphatic carbocycles. The lowest BCUT2D eigenvalue weighted by molar-refractivity contribution is -0.118. The maximum absolute atomic E-state index is 12.3. The third-order valence-electron chi connectivity index (χ3n) is 3.43. The minimum absolute atomic E-state index is 0.0521.